The zero-order chi connectivity index (χ0) is 32.9. The first kappa shape index (κ1) is 35.0. The van der Waals surface area contributed by atoms with Crippen LogP contribution in [0.3, 0.4) is 0 Å². The van der Waals surface area contributed by atoms with Gasteiger partial charge in [0.15, 0.2) is 11.6 Å². The van der Waals surface area contributed by atoms with Crippen LogP contribution in [0, 0.1) is 11.6 Å². The monoisotopic (exact) mass is 666 g/mol. The molecule has 0 saturated heterocycles. The van der Waals surface area contributed by atoms with Crippen LogP contribution >= 0.6 is 15.9 Å². The normalized spacial score (nSPS) is 11.3. The fraction of sp³-hybridized carbons (Fsp3) is 0.357. The quantitative estimate of drug-likeness (QED) is 0.174. The number of carboxylic acid groups (broad SMARTS) is 2. The molecule has 43 heavy (non-hydrogen) atoms. The van der Waals surface area contributed by atoms with Gasteiger partial charge in [-0.05, 0) is 52.0 Å². The summed E-state index contributed by atoms with van der Waals surface area (Å²) in [7, 11) is 0. The Balaban J connectivity index is 0.000000255. The number of aromatic amines is 2. The molecule has 0 aliphatic carbocycles. The Bertz CT molecular complexity index is 1780. The largest absolute Gasteiger partial charge is 0.480 e. The van der Waals surface area contributed by atoms with Gasteiger partial charge in [-0.3, -0.25) is 14.4 Å². The third kappa shape index (κ3) is 9.12. The lowest BCUT2D eigenvalue weighted by molar-refractivity contribution is -0.142. The number of fused-ring (bicyclic) bond motifs is 2. The number of hydrogen-bond acceptors (Lipinski definition) is 8. The number of H-pyrrole nitrogens is 2. The van der Waals surface area contributed by atoms with Crippen LogP contribution in [0.2, 0.25) is 0 Å². The lowest BCUT2D eigenvalue weighted by atomic mass is 10.1. The Kier molecular flexibility index (Phi) is 11.2. The molecule has 232 valence electrons. The average Bonchev–Trinajstić information content (AvgIpc) is 2.89. The Morgan fingerprint density at radius 2 is 1.28 bits per heavy atom. The summed E-state index contributed by atoms with van der Waals surface area (Å²) in [5.74, 6) is -2.33. The summed E-state index contributed by atoms with van der Waals surface area (Å²) in [6.45, 7) is 9.42. The summed E-state index contributed by atoms with van der Waals surface area (Å²) in [5, 5.41) is 20.2. The molecule has 15 heteroatoms. The van der Waals surface area contributed by atoms with E-state index in [0.29, 0.717) is 29.0 Å². The van der Waals surface area contributed by atoms with Crippen LogP contribution in [0.4, 0.5) is 14.5 Å². The van der Waals surface area contributed by atoms with Crippen molar-refractivity contribution in [2.75, 3.05) is 5.32 Å². The smallest absolute Gasteiger partial charge is 0.328 e. The molecule has 2 aromatic carbocycles. The van der Waals surface area contributed by atoms with Gasteiger partial charge in [0.1, 0.15) is 33.8 Å². The van der Waals surface area contributed by atoms with E-state index in [1.165, 1.54) is 39.8 Å². The minimum absolute atomic E-state index is 0.0192. The molecule has 0 spiro atoms. The van der Waals surface area contributed by atoms with Crippen LogP contribution < -0.4 is 22.2 Å². The summed E-state index contributed by atoms with van der Waals surface area (Å²) in [6.07, 6.45) is 1.05. The Morgan fingerprint density at radius 3 is 1.67 bits per heavy atom. The average molecular weight is 668 g/mol. The zero-order valence-corrected chi connectivity index (χ0v) is 25.9. The lowest BCUT2D eigenvalue weighted by Crippen LogP contribution is -2.41. The predicted molar refractivity (Wildman–Crippen MR) is 162 cm³/mol. The van der Waals surface area contributed by atoms with E-state index in [-0.39, 0.29) is 33.1 Å². The number of halogens is 3. The summed E-state index contributed by atoms with van der Waals surface area (Å²) in [4.78, 5) is 57.8. The van der Waals surface area contributed by atoms with Gasteiger partial charge in [0.25, 0.3) is 11.1 Å². The van der Waals surface area contributed by atoms with Gasteiger partial charge in [0.2, 0.25) is 0 Å². The first-order valence-corrected chi connectivity index (χ1v) is 13.7. The van der Waals surface area contributed by atoms with E-state index in [0.717, 1.165) is 6.07 Å². The molecule has 0 aliphatic heterocycles. The highest BCUT2D eigenvalue weighted by Crippen LogP contribution is 2.22. The second-order valence-corrected chi connectivity index (χ2v) is 11.4. The highest BCUT2D eigenvalue weighted by atomic mass is 79.9. The van der Waals surface area contributed by atoms with Gasteiger partial charge in [-0.1, -0.05) is 29.8 Å². The summed E-state index contributed by atoms with van der Waals surface area (Å²) in [5.41, 5.74) is 2.26. The second kappa shape index (κ2) is 13.8. The van der Waals surface area contributed by atoms with Gasteiger partial charge in [0.05, 0.1) is 10.8 Å². The molecule has 0 saturated carbocycles. The number of nitrogens with two attached hydrogens (primary N) is 1. The summed E-state index contributed by atoms with van der Waals surface area (Å²) < 4.78 is 28.1. The third-order valence-electron chi connectivity index (χ3n) is 5.80. The molecule has 0 unspecified atom stereocenters. The molecule has 4 rings (SSSR count). The molecule has 0 bridgehead atoms. The number of nitrogens with one attached hydrogen (secondary N) is 3. The van der Waals surface area contributed by atoms with Gasteiger partial charge >= 0.3 is 11.9 Å². The van der Waals surface area contributed by atoms with Gasteiger partial charge in [0, 0.05) is 23.0 Å². The van der Waals surface area contributed by atoms with Gasteiger partial charge in [-0.15, -0.1) is 0 Å². The van der Waals surface area contributed by atoms with Crippen LogP contribution in [0.15, 0.2) is 38.3 Å². The number of aryl methyl sites for hydroxylation is 2. The number of anilines is 1. The van der Waals surface area contributed by atoms with Crippen molar-refractivity contribution < 1.29 is 28.6 Å². The van der Waals surface area contributed by atoms with E-state index in [2.05, 4.69) is 41.2 Å². The van der Waals surface area contributed by atoms with Gasteiger partial charge in [-0.25, -0.2) is 23.5 Å². The maximum absolute atomic E-state index is 14.1. The number of nitrogens with zero attached hydrogens (tertiary/aromatic N) is 2. The lowest BCUT2D eigenvalue weighted by Gasteiger charge is -2.22. The number of carboxylic acids is 2. The summed E-state index contributed by atoms with van der Waals surface area (Å²) >= 11 is 3.13. The second-order valence-electron chi connectivity index (χ2n) is 10.5. The van der Waals surface area contributed by atoms with E-state index >= 15 is 0 Å². The number of aromatic nitrogens is 4. The molecule has 12 nitrogen and oxygen atoms in total. The molecule has 0 fully saturated rings. The number of benzene rings is 2. The van der Waals surface area contributed by atoms with Crippen LogP contribution in [-0.4, -0.2) is 53.2 Å². The first-order valence-electron chi connectivity index (χ1n) is 12.9. The predicted octanol–water partition coefficient (Wildman–Crippen LogP) is 4.10. The molecule has 0 radical (unpaired) electrons. The standard InChI is InChI=1S/C14H16FN3O3.C10H8BrFN2O.C4H9NO2/c1-4-10-16-11-8(12(19)17-10)5-7(6-9(11)15)18-14(2,3)13(20)21;1-2-8-13-9-6(10(15)14-8)3-5(11)4-7(9)12;1-4(2,5)3(6)7/h5-6,18H,4H2,1-3H3,(H,20,21)(H,16,17,19);3-4H,2H2,1H3,(H,13,14,15);5H2,1-2H3,(H,6,7). The highest BCUT2D eigenvalue weighted by molar-refractivity contribution is 9.10. The van der Waals surface area contributed by atoms with Crippen molar-refractivity contribution in [3.63, 3.8) is 0 Å². The minimum atomic E-state index is -1.29. The molecule has 4 aromatic rings. The van der Waals surface area contributed by atoms with E-state index in [1.807, 2.05) is 6.92 Å². The summed E-state index contributed by atoms with van der Waals surface area (Å²) in [6, 6.07) is 5.39. The molecular weight excluding hydrogens is 634 g/mol. The van der Waals surface area contributed by atoms with E-state index in [4.69, 9.17) is 15.9 Å². The van der Waals surface area contributed by atoms with Crippen LogP contribution in [-0.2, 0) is 22.4 Å². The zero-order valence-electron chi connectivity index (χ0n) is 24.4. The number of aliphatic carboxylic acids is 2. The van der Waals surface area contributed by atoms with Crippen molar-refractivity contribution in [1.82, 2.24) is 19.9 Å². The fourth-order valence-corrected chi connectivity index (χ4v) is 3.71. The maximum atomic E-state index is 14.1. The number of rotatable bonds is 6. The maximum Gasteiger partial charge on any atom is 0.328 e. The van der Waals surface area contributed by atoms with Crippen molar-refractivity contribution in [3.8, 4) is 0 Å². The van der Waals surface area contributed by atoms with Crippen molar-refractivity contribution in [2.24, 2.45) is 5.73 Å². The molecule has 0 amide bonds. The third-order valence-corrected chi connectivity index (χ3v) is 6.26. The van der Waals surface area contributed by atoms with E-state index in [1.54, 1.807) is 13.0 Å². The fourth-order valence-electron chi connectivity index (χ4n) is 3.28. The van der Waals surface area contributed by atoms with Crippen LogP contribution in [0.25, 0.3) is 21.8 Å². The Morgan fingerprint density at radius 1 is 0.860 bits per heavy atom. The first-order chi connectivity index (χ1) is 19.8. The number of carbonyl (C=O) groups is 2. The van der Waals surface area contributed by atoms with Crippen molar-refractivity contribution in [1.29, 1.82) is 0 Å². The molecule has 7 N–H and O–H groups in total. The van der Waals surface area contributed by atoms with Crippen LogP contribution in [0.1, 0.15) is 53.2 Å². The number of hydrogen-bond donors (Lipinski definition) is 6. The topological polar surface area (TPSA) is 204 Å². The Labute approximate surface area is 252 Å². The molecule has 2 aromatic heterocycles. The molecule has 0 atom stereocenters. The van der Waals surface area contributed by atoms with E-state index in [9.17, 15) is 28.0 Å². The van der Waals surface area contributed by atoms with Crippen molar-refractivity contribution in [2.45, 2.75) is 65.5 Å². The van der Waals surface area contributed by atoms with E-state index < -0.39 is 40.2 Å². The molecule has 0 aliphatic rings. The van der Waals surface area contributed by atoms with Gasteiger partial charge in [-0.2, -0.15) is 0 Å². The molecular formula is C28H33BrF2N6O6. The Hall–Kier alpha value is -4.24. The van der Waals surface area contributed by atoms with Crippen LogP contribution in [0.5, 0.6) is 0 Å². The molecule has 2 heterocycles. The SMILES string of the molecule is CC(C)(N)C(=O)O.CCc1nc2c(F)cc(Br)cc2c(=O)[nH]1.CCc1nc2c(F)cc(NC(C)(C)C(=O)O)cc2c(=O)[nH]1. The van der Waals surface area contributed by atoms with Crippen molar-refractivity contribution >= 4 is 55.4 Å². The minimum Gasteiger partial charge on any atom is -0.480 e. The van der Waals surface area contributed by atoms with Gasteiger partial charge < -0.3 is 31.2 Å². The highest BCUT2D eigenvalue weighted by Gasteiger charge is 2.27. The van der Waals surface area contributed by atoms with Crippen molar-refractivity contribution in [3.05, 3.63) is 72.7 Å².